The Kier molecular flexibility index (Phi) is 3.44. The zero-order valence-electron chi connectivity index (χ0n) is 8.47. The molecule has 0 spiro atoms. The quantitative estimate of drug-likeness (QED) is 0.944. The molecule has 1 heterocycles. The van der Waals surface area contributed by atoms with Crippen LogP contribution in [0.25, 0.3) is 0 Å². The number of carbonyl (C=O) groups is 1. The molecular weight excluding hydrogens is 309 g/mol. The minimum absolute atomic E-state index is 0.0185. The number of nitrogens with zero attached hydrogens (tertiary/aromatic N) is 3. The van der Waals surface area contributed by atoms with Gasteiger partial charge in [0.1, 0.15) is 0 Å². The Balaban J connectivity index is 2.33. The molecule has 2 rings (SSSR count). The maximum Gasteiger partial charge on any atom is 0.357 e. The van der Waals surface area contributed by atoms with Gasteiger partial charge in [0.2, 0.25) is 0 Å². The first-order valence-corrected chi connectivity index (χ1v) is 5.82. The van der Waals surface area contributed by atoms with Crippen molar-refractivity contribution in [2.75, 3.05) is 0 Å². The maximum absolute atomic E-state index is 11.0. The third-order valence-electron chi connectivity index (χ3n) is 2.12. The fraction of sp³-hybridized carbons (Fsp3) is 0.100. The van der Waals surface area contributed by atoms with Crippen LogP contribution < -0.4 is 0 Å². The number of rotatable bonds is 3. The highest BCUT2D eigenvalue weighted by Gasteiger charge is 2.17. The van der Waals surface area contributed by atoms with Gasteiger partial charge in [-0.2, -0.15) is 0 Å². The molecule has 7 heteroatoms. The molecule has 0 aliphatic carbocycles. The summed E-state index contributed by atoms with van der Waals surface area (Å²) in [7, 11) is 0. The van der Waals surface area contributed by atoms with Gasteiger partial charge in [0.05, 0.1) is 6.54 Å². The molecule has 1 aromatic carbocycles. The molecule has 0 aliphatic rings. The molecule has 0 amide bonds. The van der Waals surface area contributed by atoms with Crippen LogP contribution in [0.5, 0.6) is 0 Å². The summed E-state index contributed by atoms with van der Waals surface area (Å²) in [6.07, 6.45) is 0. The van der Waals surface area contributed by atoms with Crippen molar-refractivity contribution in [1.29, 1.82) is 0 Å². The number of aromatic nitrogens is 3. The number of hydrogen-bond acceptors (Lipinski definition) is 3. The fourth-order valence-corrected chi connectivity index (χ4v) is 2.07. The van der Waals surface area contributed by atoms with Gasteiger partial charge in [0, 0.05) is 5.02 Å². The van der Waals surface area contributed by atoms with Gasteiger partial charge in [-0.3, -0.25) is 0 Å². The lowest BCUT2D eigenvalue weighted by atomic mass is 10.2. The Morgan fingerprint density at radius 2 is 2.29 bits per heavy atom. The van der Waals surface area contributed by atoms with E-state index in [0.717, 1.165) is 5.56 Å². The summed E-state index contributed by atoms with van der Waals surface area (Å²) in [5.41, 5.74) is 0.877. The van der Waals surface area contributed by atoms with Gasteiger partial charge < -0.3 is 5.11 Å². The van der Waals surface area contributed by atoms with Crippen LogP contribution in [-0.4, -0.2) is 26.1 Å². The highest BCUT2D eigenvalue weighted by atomic mass is 79.9. The normalized spacial score (nSPS) is 10.5. The number of aromatic carboxylic acids is 1. The molecule has 1 aromatic heterocycles. The zero-order chi connectivity index (χ0) is 12.4. The van der Waals surface area contributed by atoms with Crippen LogP contribution in [0, 0.1) is 0 Å². The van der Waals surface area contributed by atoms with Crippen molar-refractivity contribution in [3.63, 3.8) is 0 Å². The minimum Gasteiger partial charge on any atom is -0.476 e. The van der Waals surface area contributed by atoms with Crippen molar-refractivity contribution in [3.8, 4) is 0 Å². The summed E-state index contributed by atoms with van der Waals surface area (Å²) in [4.78, 5) is 11.0. The van der Waals surface area contributed by atoms with Crippen LogP contribution in [0.4, 0.5) is 0 Å². The summed E-state index contributed by atoms with van der Waals surface area (Å²) >= 11 is 8.89. The highest BCUT2D eigenvalue weighted by Crippen LogP contribution is 2.16. The number of halogens is 2. The van der Waals surface area contributed by atoms with Gasteiger partial charge in [-0.25, -0.2) is 9.48 Å². The van der Waals surface area contributed by atoms with E-state index in [1.54, 1.807) is 18.2 Å². The summed E-state index contributed by atoms with van der Waals surface area (Å²) in [5, 5.41) is 17.0. The topological polar surface area (TPSA) is 68.0 Å². The SMILES string of the molecule is O=C(O)c1c(Br)nnn1Cc1cccc(Cl)c1. The lowest BCUT2D eigenvalue weighted by Crippen LogP contribution is -2.11. The monoisotopic (exact) mass is 315 g/mol. The van der Waals surface area contributed by atoms with Crippen molar-refractivity contribution in [2.24, 2.45) is 0 Å². The van der Waals surface area contributed by atoms with Crippen molar-refractivity contribution >= 4 is 33.5 Å². The highest BCUT2D eigenvalue weighted by molar-refractivity contribution is 9.10. The molecule has 0 atom stereocenters. The van der Waals surface area contributed by atoms with E-state index < -0.39 is 5.97 Å². The number of hydrogen-bond donors (Lipinski definition) is 1. The smallest absolute Gasteiger partial charge is 0.357 e. The van der Waals surface area contributed by atoms with Crippen LogP contribution >= 0.6 is 27.5 Å². The molecule has 0 saturated heterocycles. The van der Waals surface area contributed by atoms with Gasteiger partial charge in [-0.15, -0.1) is 5.10 Å². The molecule has 17 heavy (non-hydrogen) atoms. The van der Waals surface area contributed by atoms with E-state index in [0.29, 0.717) is 11.6 Å². The van der Waals surface area contributed by atoms with E-state index in [4.69, 9.17) is 16.7 Å². The van der Waals surface area contributed by atoms with Crippen LogP contribution in [0.1, 0.15) is 16.1 Å². The molecule has 5 nitrogen and oxygen atoms in total. The predicted molar refractivity (Wildman–Crippen MR) is 65.2 cm³/mol. The third-order valence-corrected chi connectivity index (χ3v) is 2.89. The average molecular weight is 317 g/mol. The van der Waals surface area contributed by atoms with E-state index >= 15 is 0 Å². The van der Waals surface area contributed by atoms with Gasteiger partial charge in [-0.05, 0) is 33.6 Å². The van der Waals surface area contributed by atoms with E-state index in [9.17, 15) is 4.79 Å². The second kappa shape index (κ2) is 4.85. The van der Waals surface area contributed by atoms with Gasteiger partial charge in [-0.1, -0.05) is 28.9 Å². The number of benzene rings is 1. The van der Waals surface area contributed by atoms with Crippen LogP contribution in [-0.2, 0) is 6.54 Å². The van der Waals surface area contributed by atoms with E-state index in [1.807, 2.05) is 6.07 Å². The van der Waals surface area contributed by atoms with E-state index in [2.05, 4.69) is 26.2 Å². The summed E-state index contributed by atoms with van der Waals surface area (Å²) < 4.78 is 1.52. The van der Waals surface area contributed by atoms with Gasteiger partial charge >= 0.3 is 5.97 Å². The molecule has 1 N–H and O–H groups in total. The molecule has 0 saturated carbocycles. The largest absolute Gasteiger partial charge is 0.476 e. The molecule has 0 unspecified atom stereocenters. The molecule has 0 aliphatic heterocycles. The molecule has 0 fully saturated rings. The lowest BCUT2D eigenvalue weighted by Gasteiger charge is -2.03. The van der Waals surface area contributed by atoms with Gasteiger partial charge in [0.15, 0.2) is 10.3 Å². The van der Waals surface area contributed by atoms with Crippen LogP contribution in [0.2, 0.25) is 5.02 Å². The number of carboxylic acids is 1. The second-order valence-electron chi connectivity index (χ2n) is 3.32. The molecular formula is C10H7BrClN3O2. The summed E-state index contributed by atoms with van der Waals surface area (Å²) in [6.45, 7) is 0.306. The Bertz CT molecular complexity index is 570. The first-order chi connectivity index (χ1) is 8.08. The Morgan fingerprint density at radius 1 is 1.53 bits per heavy atom. The minimum atomic E-state index is -1.08. The summed E-state index contributed by atoms with van der Waals surface area (Å²) in [5.74, 6) is -1.08. The van der Waals surface area contributed by atoms with Crippen molar-refractivity contribution in [2.45, 2.75) is 6.54 Å². The Labute approximate surface area is 110 Å². The second-order valence-corrected chi connectivity index (χ2v) is 4.51. The Morgan fingerprint density at radius 3 is 2.94 bits per heavy atom. The number of carboxylic acid groups (broad SMARTS) is 1. The fourth-order valence-electron chi connectivity index (χ4n) is 1.41. The summed E-state index contributed by atoms with van der Waals surface area (Å²) in [6, 6.07) is 7.14. The standard InChI is InChI=1S/C10H7BrClN3O2/c11-9-8(10(16)17)15(14-13-9)5-6-2-1-3-7(12)4-6/h1-4H,5H2,(H,16,17). The first-order valence-electron chi connectivity index (χ1n) is 4.64. The van der Waals surface area contributed by atoms with Crippen LogP contribution in [0.15, 0.2) is 28.9 Å². The van der Waals surface area contributed by atoms with Gasteiger partial charge in [0.25, 0.3) is 0 Å². The zero-order valence-corrected chi connectivity index (χ0v) is 10.8. The first kappa shape index (κ1) is 12.1. The molecule has 88 valence electrons. The predicted octanol–water partition coefficient (Wildman–Crippen LogP) is 2.44. The van der Waals surface area contributed by atoms with Crippen LogP contribution in [0.3, 0.4) is 0 Å². The lowest BCUT2D eigenvalue weighted by molar-refractivity contribution is 0.0683. The van der Waals surface area contributed by atoms with E-state index in [1.165, 1.54) is 4.68 Å². The van der Waals surface area contributed by atoms with Crippen molar-refractivity contribution < 1.29 is 9.90 Å². The Hall–Kier alpha value is -1.40. The third kappa shape index (κ3) is 2.65. The maximum atomic E-state index is 11.0. The van der Waals surface area contributed by atoms with E-state index in [-0.39, 0.29) is 10.3 Å². The molecule has 0 bridgehead atoms. The van der Waals surface area contributed by atoms with Crippen molar-refractivity contribution in [1.82, 2.24) is 15.0 Å². The average Bonchev–Trinajstić information content (AvgIpc) is 2.59. The van der Waals surface area contributed by atoms with Crippen molar-refractivity contribution in [3.05, 3.63) is 45.1 Å². The molecule has 0 radical (unpaired) electrons. The molecule has 2 aromatic rings.